The van der Waals surface area contributed by atoms with Gasteiger partial charge in [0.1, 0.15) is 0 Å². The van der Waals surface area contributed by atoms with Crippen LogP contribution in [0, 0.1) is 12.8 Å². The van der Waals surface area contributed by atoms with Crippen molar-refractivity contribution in [1.29, 1.82) is 0 Å². The normalized spacial score (nSPS) is 24.1. The van der Waals surface area contributed by atoms with Gasteiger partial charge in [-0.3, -0.25) is 0 Å². The molecule has 3 heteroatoms. The fourth-order valence-corrected chi connectivity index (χ4v) is 3.96. The Labute approximate surface area is 122 Å². The summed E-state index contributed by atoms with van der Waals surface area (Å²) in [6.45, 7) is 12.1. The smallest absolute Gasteiger partial charge is 0.0962 e. The summed E-state index contributed by atoms with van der Waals surface area (Å²) in [7, 11) is 0. The van der Waals surface area contributed by atoms with E-state index < -0.39 is 0 Å². The summed E-state index contributed by atoms with van der Waals surface area (Å²) in [6, 6.07) is 0. The highest BCUT2D eigenvalue weighted by atomic mass is 32.1. The van der Waals surface area contributed by atoms with Crippen molar-refractivity contribution < 1.29 is 0 Å². The molecule has 0 saturated heterocycles. The lowest BCUT2D eigenvalue weighted by molar-refractivity contribution is 0.425. The molecule has 0 spiro atoms. The molecule has 2 atom stereocenters. The van der Waals surface area contributed by atoms with Crippen molar-refractivity contribution in [3.8, 4) is 0 Å². The van der Waals surface area contributed by atoms with Crippen LogP contribution < -0.4 is 5.32 Å². The average molecular weight is 280 g/mol. The molecule has 1 saturated carbocycles. The molecule has 0 amide bonds. The van der Waals surface area contributed by atoms with Crippen LogP contribution in [0.15, 0.2) is 0 Å². The number of hydrogen-bond acceptors (Lipinski definition) is 3. The van der Waals surface area contributed by atoms with E-state index in [0.29, 0.717) is 0 Å². The van der Waals surface area contributed by atoms with Crippen LogP contribution in [0.2, 0.25) is 0 Å². The Kier molecular flexibility index (Phi) is 4.67. The molecule has 1 aliphatic rings. The molecule has 0 radical (unpaired) electrons. The third-order valence-electron chi connectivity index (χ3n) is 4.16. The van der Waals surface area contributed by atoms with E-state index in [-0.39, 0.29) is 5.54 Å². The van der Waals surface area contributed by atoms with Gasteiger partial charge in [0.15, 0.2) is 0 Å². The van der Waals surface area contributed by atoms with Crippen LogP contribution in [0.5, 0.6) is 0 Å². The van der Waals surface area contributed by atoms with Crippen LogP contribution in [-0.4, -0.2) is 10.5 Å². The van der Waals surface area contributed by atoms with E-state index in [2.05, 4.69) is 39.9 Å². The van der Waals surface area contributed by atoms with Gasteiger partial charge in [0.2, 0.25) is 0 Å². The summed E-state index contributed by atoms with van der Waals surface area (Å²) in [5.41, 5.74) is 1.41. The summed E-state index contributed by atoms with van der Waals surface area (Å²) in [6.07, 6.45) is 5.43. The van der Waals surface area contributed by atoms with Crippen LogP contribution >= 0.6 is 11.3 Å². The molecule has 1 aromatic heterocycles. The van der Waals surface area contributed by atoms with Gasteiger partial charge >= 0.3 is 0 Å². The number of aryl methyl sites for hydroxylation is 1. The second-order valence-electron chi connectivity index (χ2n) is 6.95. The lowest BCUT2D eigenvalue weighted by Gasteiger charge is -2.19. The molecule has 2 rings (SSSR count). The fraction of sp³-hybridized carbons (Fsp3) is 0.812. The van der Waals surface area contributed by atoms with Crippen LogP contribution in [0.3, 0.4) is 0 Å². The van der Waals surface area contributed by atoms with E-state index in [4.69, 9.17) is 4.98 Å². The summed E-state index contributed by atoms with van der Waals surface area (Å²) in [5.74, 6) is 1.67. The Morgan fingerprint density at radius 3 is 2.63 bits per heavy atom. The predicted octanol–water partition coefficient (Wildman–Crippen LogP) is 4.63. The van der Waals surface area contributed by atoms with E-state index in [1.165, 1.54) is 41.3 Å². The Morgan fingerprint density at radius 2 is 2.05 bits per heavy atom. The first kappa shape index (κ1) is 15.0. The zero-order valence-electron chi connectivity index (χ0n) is 13.0. The first-order valence-electron chi connectivity index (χ1n) is 7.60. The maximum Gasteiger partial charge on any atom is 0.0962 e. The monoisotopic (exact) mass is 280 g/mol. The minimum absolute atomic E-state index is 0.178. The minimum atomic E-state index is 0.178. The third kappa shape index (κ3) is 4.03. The average Bonchev–Trinajstić information content (AvgIpc) is 2.91. The number of nitrogens with one attached hydrogen (secondary N) is 1. The van der Waals surface area contributed by atoms with E-state index in [1.54, 1.807) is 0 Å². The molecule has 2 nitrogen and oxygen atoms in total. The van der Waals surface area contributed by atoms with Gasteiger partial charge in [-0.1, -0.05) is 13.3 Å². The molecule has 0 aromatic carbocycles. The molecule has 1 N–H and O–H groups in total. The van der Waals surface area contributed by atoms with Crippen LogP contribution in [0.4, 0.5) is 0 Å². The molecule has 1 fully saturated rings. The van der Waals surface area contributed by atoms with Gasteiger partial charge in [-0.05, 0) is 52.9 Å². The molecule has 0 aliphatic heterocycles. The quantitative estimate of drug-likeness (QED) is 0.869. The highest BCUT2D eigenvalue weighted by molar-refractivity contribution is 7.11. The maximum atomic E-state index is 4.84. The lowest BCUT2D eigenvalue weighted by atomic mass is 10.0. The van der Waals surface area contributed by atoms with Gasteiger partial charge in [-0.25, -0.2) is 4.98 Å². The van der Waals surface area contributed by atoms with E-state index in [1.807, 2.05) is 11.3 Å². The number of hydrogen-bond donors (Lipinski definition) is 1. The number of rotatable bonds is 4. The standard InChI is InChI=1S/C16H28N2S/c1-6-12-7-8-13(9-12)15-18-11(2)14(19-15)10-17-16(3,4)5/h12-13,17H,6-10H2,1-5H3. The van der Waals surface area contributed by atoms with Crippen molar-refractivity contribution in [3.63, 3.8) is 0 Å². The molecule has 1 aliphatic carbocycles. The highest BCUT2D eigenvalue weighted by Crippen LogP contribution is 2.41. The third-order valence-corrected chi connectivity index (χ3v) is 5.48. The molecule has 19 heavy (non-hydrogen) atoms. The Morgan fingerprint density at radius 1 is 1.32 bits per heavy atom. The van der Waals surface area contributed by atoms with E-state index in [9.17, 15) is 0 Å². The number of aromatic nitrogens is 1. The van der Waals surface area contributed by atoms with Crippen molar-refractivity contribution in [2.45, 2.75) is 78.3 Å². The molecule has 0 bridgehead atoms. The molecule has 1 heterocycles. The van der Waals surface area contributed by atoms with Gasteiger partial charge < -0.3 is 5.32 Å². The summed E-state index contributed by atoms with van der Waals surface area (Å²) < 4.78 is 0. The molecular formula is C16H28N2S. The summed E-state index contributed by atoms with van der Waals surface area (Å²) in [4.78, 5) is 6.26. The summed E-state index contributed by atoms with van der Waals surface area (Å²) in [5, 5.41) is 4.96. The Hall–Kier alpha value is -0.410. The van der Waals surface area contributed by atoms with Crippen molar-refractivity contribution in [1.82, 2.24) is 10.3 Å². The van der Waals surface area contributed by atoms with Gasteiger partial charge in [-0.2, -0.15) is 0 Å². The van der Waals surface area contributed by atoms with Crippen LogP contribution in [-0.2, 0) is 6.54 Å². The van der Waals surface area contributed by atoms with Crippen molar-refractivity contribution in [2.24, 2.45) is 5.92 Å². The lowest BCUT2D eigenvalue weighted by Crippen LogP contribution is -2.34. The van der Waals surface area contributed by atoms with Crippen molar-refractivity contribution in [2.75, 3.05) is 0 Å². The molecule has 1 aromatic rings. The number of nitrogens with zero attached hydrogens (tertiary/aromatic N) is 1. The topological polar surface area (TPSA) is 24.9 Å². The second kappa shape index (κ2) is 5.92. The molecule has 108 valence electrons. The highest BCUT2D eigenvalue weighted by Gasteiger charge is 2.27. The Bertz CT molecular complexity index is 417. The minimum Gasteiger partial charge on any atom is -0.307 e. The first-order chi connectivity index (χ1) is 8.89. The number of thiazole rings is 1. The van der Waals surface area contributed by atoms with Gasteiger partial charge in [0, 0.05) is 22.9 Å². The zero-order chi connectivity index (χ0) is 14.0. The van der Waals surface area contributed by atoms with Gasteiger partial charge in [-0.15, -0.1) is 11.3 Å². The van der Waals surface area contributed by atoms with Gasteiger partial charge in [0.25, 0.3) is 0 Å². The summed E-state index contributed by atoms with van der Waals surface area (Å²) >= 11 is 1.94. The van der Waals surface area contributed by atoms with E-state index in [0.717, 1.165) is 18.4 Å². The fourth-order valence-electron chi connectivity index (χ4n) is 2.80. The van der Waals surface area contributed by atoms with Crippen molar-refractivity contribution in [3.05, 3.63) is 15.6 Å². The van der Waals surface area contributed by atoms with Gasteiger partial charge in [0.05, 0.1) is 10.7 Å². The Balaban J connectivity index is 2.01. The largest absolute Gasteiger partial charge is 0.307 e. The molecular weight excluding hydrogens is 252 g/mol. The first-order valence-corrected chi connectivity index (χ1v) is 8.42. The predicted molar refractivity (Wildman–Crippen MR) is 83.8 cm³/mol. The van der Waals surface area contributed by atoms with Crippen molar-refractivity contribution >= 4 is 11.3 Å². The maximum absolute atomic E-state index is 4.84. The second-order valence-corrected chi connectivity index (χ2v) is 8.06. The SMILES string of the molecule is CCC1CCC(c2nc(C)c(CNC(C)(C)C)s2)C1. The zero-order valence-corrected chi connectivity index (χ0v) is 13.9. The van der Waals surface area contributed by atoms with Crippen LogP contribution in [0.1, 0.15) is 74.9 Å². The molecule has 2 unspecified atom stereocenters. The van der Waals surface area contributed by atoms with Crippen LogP contribution in [0.25, 0.3) is 0 Å². The van der Waals surface area contributed by atoms with E-state index >= 15 is 0 Å².